The largest absolute Gasteiger partial charge is 0.507 e. The fourth-order valence-corrected chi connectivity index (χ4v) is 2.88. The quantitative estimate of drug-likeness (QED) is 0.515. The van der Waals surface area contributed by atoms with Crippen molar-refractivity contribution in [2.75, 3.05) is 0 Å². The minimum Gasteiger partial charge on any atom is -0.507 e. The van der Waals surface area contributed by atoms with E-state index in [0.29, 0.717) is 5.89 Å². The number of hydrogen-bond donors (Lipinski definition) is 1. The van der Waals surface area contributed by atoms with Crippen LogP contribution in [0.4, 0.5) is 0 Å². The van der Waals surface area contributed by atoms with Crippen LogP contribution in [0.25, 0.3) is 22.2 Å². The summed E-state index contributed by atoms with van der Waals surface area (Å²) >= 11 is 0. The summed E-state index contributed by atoms with van der Waals surface area (Å²) in [7, 11) is 0. The summed E-state index contributed by atoms with van der Waals surface area (Å²) < 4.78 is 11.1. The number of phenols is 1. The van der Waals surface area contributed by atoms with E-state index in [2.05, 4.69) is 10.2 Å². The Kier molecular flexibility index (Phi) is 4.53. The van der Waals surface area contributed by atoms with Crippen LogP contribution in [0.5, 0.6) is 5.75 Å². The number of hydrogen-bond acceptors (Lipinski definition) is 6. The summed E-state index contributed by atoms with van der Waals surface area (Å²) in [5, 5.41) is 19.9. The Morgan fingerprint density at radius 3 is 2.43 bits per heavy atom. The molecule has 0 aliphatic heterocycles. The van der Waals surface area contributed by atoms with Crippen molar-refractivity contribution in [2.24, 2.45) is 0 Å². The Bertz CT molecular complexity index is 1150. The number of aromatic hydroxyl groups is 1. The molecule has 0 saturated carbocycles. The monoisotopic (exact) mass is 374 g/mol. The van der Waals surface area contributed by atoms with E-state index in [0.717, 1.165) is 21.9 Å². The second-order valence-electron chi connectivity index (χ2n) is 6.58. The molecule has 1 atom stereocenters. The van der Waals surface area contributed by atoms with Crippen molar-refractivity contribution in [3.8, 4) is 17.2 Å². The third-order valence-corrected chi connectivity index (χ3v) is 4.45. The molecule has 0 fully saturated rings. The van der Waals surface area contributed by atoms with Gasteiger partial charge in [-0.05, 0) is 48.9 Å². The van der Waals surface area contributed by atoms with Gasteiger partial charge in [0.05, 0.1) is 0 Å². The molecule has 0 saturated heterocycles. The number of benzene rings is 3. The van der Waals surface area contributed by atoms with Crippen LogP contribution in [0, 0.1) is 6.92 Å². The zero-order valence-corrected chi connectivity index (χ0v) is 15.4. The number of aryl methyl sites for hydroxylation is 1. The molecule has 4 rings (SSSR count). The number of aromatic nitrogens is 2. The highest BCUT2D eigenvalue weighted by Gasteiger charge is 2.22. The molecule has 0 unspecified atom stereocenters. The number of carbonyl (C=O) groups is 1. The molecule has 0 spiro atoms. The van der Waals surface area contributed by atoms with E-state index < -0.39 is 12.1 Å². The highest BCUT2D eigenvalue weighted by atomic mass is 16.6. The van der Waals surface area contributed by atoms with Gasteiger partial charge in [-0.15, -0.1) is 10.2 Å². The summed E-state index contributed by atoms with van der Waals surface area (Å²) in [5.41, 5.74) is 2.00. The summed E-state index contributed by atoms with van der Waals surface area (Å²) in [5.74, 6) is -0.261. The molecule has 1 heterocycles. The first-order chi connectivity index (χ1) is 13.5. The van der Waals surface area contributed by atoms with E-state index >= 15 is 0 Å². The Morgan fingerprint density at radius 2 is 1.71 bits per heavy atom. The van der Waals surface area contributed by atoms with Crippen LogP contribution in [0.15, 0.2) is 65.1 Å². The zero-order valence-electron chi connectivity index (χ0n) is 15.4. The van der Waals surface area contributed by atoms with E-state index in [-0.39, 0.29) is 17.2 Å². The van der Waals surface area contributed by atoms with Crippen LogP contribution in [0.2, 0.25) is 0 Å². The number of fused-ring (bicyclic) bond motifs is 1. The molecule has 0 aliphatic carbocycles. The Balaban J connectivity index is 1.54. The normalized spacial score (nSPS) is 12.1. The molecular weight excluding hydrogens is 356 g/mol. The summed E-state index contributed by atoms with van der Waals surface area (Å²) in [6.07, 6.45) is -0.759. The molecule has 0 radical (unpaired) electrons. The molecule has 6 nitrogen and oxygen atoms in total. The molecule has 1 N–H and O–H groups in total. The van der Waals surface area contributed by atoms with Gasteiger partial charge in [-0.1, -0.05) is 42.0 Å². The van der Waals surface area contributed by atoms with Gasteiger partial charge in [-0.2, -0.15) is 0 Å². The van der Waals surface area contributed by atoms with E-state index in [1.165, 1.54) is 0 Å². The Morgan fingerprint density at radius 1 is 1.04 bits per heavy atom. The summed E-state index contributed by atoms with van der Waals surface area (Å²) in [6, 6.07) is 18.3. The van der Waals surface area contributed by atoms with Crippen molar-refractivity contribution < 1.29 is 19.1 Å². The van der Waals surface area contributed by atoms with Gasteiger partial charge in [0.2, 0.25) is 5.89 Å². The lowest BCUT2D eigenvalue weighted by Crippen LogP contribution is -2.10. The Labute approximate surface area is 161 Å². The lowest BCUT2D eigenvalue weighted by atomic mass is 10.1. The smallest absolute Gasteiger partial charge is 0.342 e. The maximum Gasteiger partial charge on any atom is 0.342 e. The number of esters is 1. The summed E-state index contributed by atoms with van der Waals surface area (Å²) in [4.78, 5) is 12.5. The third kappa shape index (κ3) is 3.44. The number of ether oxygens (including phenoxy) is 1. The van der Waals surface area contributed by atoms with E-state index in [1.54, 1.807) is 19.1 Å². The van der Waals surface area contributed by atoms with Crippen LogP contribution < -0.4 is 0 Å². The second kappa shape index (κ2) is 7.15. The predicted octanol–water partition coefficient (Wildman–Crippen LogP) is 4.82. The van der Waals surface area contributed by atoms with E-state index in [1.807, 2.05) is 55.5 Å². The van der Waals surface area contributed by atoms with Gasteiger partial charge in [-0.3, -0.25) is 0 Å². The molecule has 3 aromatic carbocycles. The molecule has 1 aromatic heterocycles. The van der Waals surface area contributed by atoms with Gasteiger partial charge in [-0.25, -0.2) is 4.79 Å². The van der Waals surface area contributed by atoms with Crippen LogP contribution in [0.3, 0.4) is 0 Å². The molecule has 0 bridgehead atoms. The molecule has 6 heteroatoms. The minimum atomic E-state index is -0.759. The van der Waals surface area contributed by atoms with Gasteiger partial charge < -0.3 is 14.3 Å². The fourth-order valence-electron chi connectivity index (χ4n) is 2.88. The van der Waals surface area contributed by atoms with Crippen molar-refractivity contribution in [3.63, 3.8) is 0 Å². The fraction of sp³-hybridized carbons (Fsp3) is 0.136. The zero-order chi connectivity index (χ0) is 19.7. The molecule has 28 heavy (non-hydrogen) atoms. The van der Waals surface area contributed by atoms with Gasteiger partial charge >= 0.3 is 5.97 Å². The van der Waals surface area contributed by atoms with E-state index in [9.17, 15) is 9.90 Å². The van der Waals surface area contributed by atoms with E-state index in [4.69, 9.17) is 9.15 Å². The lowest BCUT2D eigenvalue weighted by Gasteiger charge is -2.11. The molecule has 4 aromatic rings. The number of nitrogens with zero attached hydrogens (tertiary/aromatic N) is 2. The number of rotatable bonds is 4. The molecule has 0 aliphatic rings. The second-order valence-corrected chi connectivity index (χ2v) is 6.58. The average molecular weight is 374 g/mol. The predicted molar refractivity (Wildman–Crippen MR) is 104 cm³/mol. The lowest BCUT2D eigenvalue weighted by molar-refractivity contribution is 0.0277. The molecular formula is C22H18N2O4. The first-order valence-corrected chi connectivity index (χ1v) is 8.84. The van der Waals surface area contributed by atoms with Crippen LogP contribution in [-0.4, -0.2) is 21.3 Å². The highest BCUT2D eigenvalue weighted by molar-refractivity contribution is 5.98. The van der Waals surface area contributed by atoms with Crippen molar-refractivity contribution in [2.45, 2.75) is 20.0 Å². The van der Waals surface area contributed by atoms with Crippen LogP contribution in [0.1, 0.15) is 34.8 Å². The molecule has 0 amide bonds. The molecule has 140 valence electrons. The topological polar surface area (TPSA) is 85.5 Å². The first-order valence-electron chi connectivity index (χ1n) is 8.84. The maximum atomic E-state index is 12.5. The van der Waals surface area contributed by atoms with Crippen molar-refractivity contribution in [1.82, 2.24) is 10.2 Å². The van der Waals surface area contributed by atoms with Gasteiger partial charge in [0.15, 0.2) is 6.10 Å². The van der Waals surface area contributed by atoms with Gasteiger partial charge in [0.1, 0.15) is 11.3 Å². The Hall–Kier alpha value is -3.67. The van der Waals surface area contributed by atoms with Crippen molar-refractivity contribution >= 4 is 16.7 Å². The van der Waals surface area contributed by atoms with Crippen LogP contribution in [-0.2, 0) is 4.74 Å². The average Bonchev–Trinajstić information content (AvgIpc) is 3.18. The summed E-state index contributed by atoms with van der Waals surface area (Å²) in [6.45, 7) is 3.63. The number of carbonyl (C=O) groups excluding carboxylic acids is 1. The van der Waals surface area contributed by atoms with Crippen molar-refractivity contribution in [3.05, 3.63) is 77.7 Å². The van der Waals surface area contributed by atoms with Gasteiger partial charge in [0, 0.05) is 5.56 Å². The van der Waals surface area contributed by atoms with Crippen molar-refractivity contribution in [1.29, 1.82) is 0 Å². The number of phenolic OH excluding ortho intramolecular Hbond substituents is 1. The highest BCUT2D eigenvalue weighted by Crippen LogP contribution is 2.28. The van der Waals surface area contributed by atoms with Crippen LogP contribution >= 0.6 is 0 Å². The minimum absolute atomic E-state index is 0.0869. The standard InChI is InChI=1S/C22H18N2O4/c1-13-7-9-15(10-8-13)21-24-23-20(28-21)14(2)27-22(26)18-11-16-5-3-4-6-17(16)12-19(18)25/h3-12,14,25H,1-2H3/t14-/m1/s1. The first kappa shape index (κ1) is 17.7. The SMILES string of the molecule is Cc1ccc(-c2nnc([C@@H](C)OC(=O)c3cc4ccccc4cc3O)o2)cc1. The third-order valence-electron chi connectivity index (χ3n) is 4.45. The maximum absolute atomic E-state index is 12.5. The van der Waals surface area contributed by atoms with Gasteiger partial charge in [0.25, 0.3) is 5.89 Å².